The maximum atomic E-state index is 15.2. The highest BCUT2D eigenvalue weighted by atomic mass is 19.1. The number of carbonyl (C=O) groups excluding carboxylic acids is 1. The van der Waals surface area contributed by atoms with Crippen LogP contribution in [0.5, 0.6) is 0 Å². The molecule has 1 fully saturated rings. The predicted octanol–water partition coefficient (Wildman–Crippen LogP) is 4.44. The zero-order chi connectivity index (χ0) is 27.1. The van der Waals surface area contributed by atoms with Crippen molar-refractivity contribution in [1.82, 2.24) is 35.0 Å². The molecule has 1 aliphatic heterocycles. The van der Waals surface area contributed by atoms with Gasteiger partial charge in [0.25, 0.3) is 0 Å². The summed E-state index contributed by atoms with van der Waals surface area (Å²) in [6, 6.07) is 7.07. The van der Waals surface area contributed by atoms with E-state index in [4.69, 9.17) is 4.98 Å². The van der Waals surface area contributed by atoms with Gasteiger partial charge >= 0.3 is 0 Å². The number of nitrogens with one attached hydrogen (secondary N) is 3. The number of hydrogen-bond acceptors (Lipinski definition) is 7. The first-order valence-corrected chi connectivity index (χ1v) is 13.1. The highest BCUT2D eigenvalue weighted by Gasteiger charge is 2.21. The zero-order valence-corrected chi connectivity index (χ0v) is 22.1. The summed E-state index contributed by atoms with van der Waals surface area (Å²) in [5, 5.41) is 10.7. The summed E-state index contributed by atoms with van der Waals surface area (Å²) in [4.78, 5) is 33.7. The fourth-order valence-electron chi connectivity index (χ4n) is 5.00. The summed E-state index contributed by atoms with van der Waals surface area (Å²) >= 11 is 0. The summed E-state index contributed by atoms with van der Waals surface area (Å²) in [7, 11) is 2.12. The molecule has 1 amide bonds. The van der Waals surface area contributed by atoms with Gasteiger partial charge in [0.05, 0.1) is 17.6 Å². The number of rotatable bonds is 6. The van der Waals surface area contributed by atoms with E-state index in [0.29, 0.717) is 45.8 Å². The molecule has 0 saturated carbocycles. The highest BCUT2D eigenvalue weighted by Crippen LogP contribution is 2.34. The van der Waals surface area contributed by atoms with E-state index in [1.54, 1.807) is 24.7 Å². The van der Waals surface area contributed by atoms with Crippen LogP contribution in [-0.2, 0) is 4.79 Å². The summed E-state index contributed by atoms with van der Waals surface area (Å²) < 4.78 is 15.2. The smallest absolute Gasteiger partial charge is 0.224 e. The lowest BCUT2D eigenvalue weighted by Crippen LogP contribution is -2.44. The first-order chi connectivity index (χ1) is 18.9. The number of benzene rings is 1. The predicted molar refractivity (Wildman–Crippen MR) is 150 cm³/mol. The molecule has 0 bridgehead atoms. The Labute approximate surface area is 224 Å². The minimum absolute atomic E-state index is 0.0860. The van der Waals surface area contributed by atoms with Crippen molar-refractivity contribution in [3.05, 3.63) is 48.7 Å². The quantitative estimate of drug-likeness (QED) is 0.299. The van der Waals surface area contributed by atoms with Crippen LogP contribution < -0.4 is 10.2 Å². The van der Waals surface area contributed by atoms with E-state index < -0.39 is 5.82 Å². The minimum atomic E-state index is -0.466. The molecule has 1 aliphatic rings. The fraction of sp³-hybridized carbons (Fsp3) is 0.321. The molecule has 3 N–H and O–H groups in total. The van der Waals surface area contributed by atoms with E-state index in [0.717, 1.165) is 37.4 Å². The van der Waals surface area contributed by atoms with E-state index in [1.807, 2.05) is 26.0 Å². The average molecular weight is 528 g/mol. The molecule has 6 rings (SSSR count). The van der Waals surface area contributed by atoms with Gasteiger partial charge in [-0.15, -0.1) is 0 Å². The second kappa shape index (κ2) is 10.1. The molecule has 0 atom stereocenters. The standard InChI is InChI=1S/C28H30FN9O/c1-16(2)10-23(39)32-19-11-18(14-30-15-19)17-12-20-24(21(29)13-17)35-36-25(20)28-33-26-22(4-5-31-27(26)34-28)38-8-6-37(3)7-9-38/h4-5,11-16H,6-10H2,1-3H3,(H,32,39)(H,35,36)(H,31,33,34). The van der Waals surface area contributed by atoms with Gasteiger partial charge in [-0.2, -0.15) is 5.10 Å². The number of hydrogen-bond donors (Lipinski definition) is 3. The molecule has 0 spiro atoms. The molecular formula is C28H30FN9O. The van der Waals surface area contributed by atoms with Crippen molar-refractivity contribution < 1.29 is 9.18 Å². The summed E-state index contributed by atoms with van der Waals surface area (Å²) in [5.41, 5.74) is 5.12. The topological polar surface area (TPSA) is 119 Å². The monoisotopic (exact) mass is 527 g/mol. The van der Waals surface area contributed by atoms with Crippen LogP contribution in [0.4, 0.5) is 15.8 Å². The van der Waals surface area contributed by atoms with E-state index in [-0.39, 0.29) is 17.3 Å². The van der Waals surface area contributed by atoms with Gasteiger partial charge in [0.15, 0.2) is 17.3 Å². The van der Waals surface area contributed by atoms with Crippen molar-refractivity contribution in [1.29, 1.82) is 0 Å². The number of fused-ring (bicyclic) bond motifs is 2. The molecule has 0 aliphatic carbocycles. The molecular weight excluding hydrogens is 497 g/mol. The third-order valence-corrected chi connectivity index (χ3v) is 7.01. The van der Waals surface area contributed by atoms with Gasteiger partial charge in [-0.3, -0.25) is 14.9 Å². The Balaban J connectivity index is 1.37. The van der Waals surface area contributed by atoms with Crippen LogP contribution in [-0.4, -0.2) is 74.2 Å². The van der Waals surface area contributed by atoms with Gasteiger partial charge in [-0.1, -0.05) is 13.8 Å². The maximum Gasteiger partial charge on any atom is 0.224 e. The van der Waals surface area contributed by atoms with Gasteiger partial charge in [-0.25, -0.2) is 14.4 Å². The number of amides is 1. The Morgan fingerprint density at radius 1 is 1.13 bits per heavy atom. The van der Waals surface area contributed by atoms with Crippen LogP contribution in [0.15, 0.2) is 42.9 Å². The Morgan fingerprint density at radius 2 is 1.95 bits per heavy atom. The van der Waals surface area contributed by atoms with Crippen LogP contribution >= 0.6 is 0 Å². The lowest BCUT2D eigenvalue weighted by molar-refractivity contribution is -0.116. The van der Waals surface area contributed by atoms with Crippen LogP contribution in [0.3, 0.4) is 0 Å². The van der Waals surface area contributed by atoms with Crippen LogP contribution in [0.2, 0.25) is 0 Å². The largest absolute Gasteiger partial charge is 0.367 e. The number of nitrogens with zero attached hydrogens (tertiary/aromatic N) is 6. The van der Waals surface area contributed by atoms with Crippen LogP contribution in [0.25, 0.3) is 44.7 Å². The number of likely N-dealkylation sites (N-methyl/N-ethyl adjacent to an activating group) is 1. The molecule has 39 heavy (non-hydrogen) atoms. The maximum absolute atomic E-state index is 15.2. The normalized spacial score (nSPS) is 14.5. The number of aromatic amines is 2. The van der Waals surface area contributed by atoms with Gasteiger partial charge in [-0.05, 0) is 42.8 Å². The first kappa shape index (κ1) is 24.9. The van der Waals surface area contributed by atoms with Crippen molar-refractivity contribution in [3.63, 3.8) is 0 Å². The summed E-state index contributed by atoms with van der Waals surface area (Å²) in [6.07, 6.45) is 5.40. The molecule has 0 radical (unpaired) electrons. The second-order valence-corrected chi connectivity index (χ2v) is 10.5. The number of anilines is 2. The Kier molecular flexibility index (Phi) is 6.43. The lowest BCUT2D eigenvalue weighted by Gasteiger charge is -2.34. The lowest BCUT2D eigenvalue weighted by atomic mass is 10.0. The van der Waals surface area contributed by atoms with Crippen molar-refractivity contribution in [2.24, 2.45) is 5.92 Å². The summed E-state index contributed by atoms with van der Waals surface area (Å²) in [5.74, 6) is 0.220. The number of pyridine rings is 2. The SMILES string of the molecule is CC(C)CC(=O)Nc1cncc(-c2cc(F)c3n[nH]c(-c4nc5nccc(N6CCN(C)CC6)c5[nH]4)c3c2)c1. The molecule has 0 unspecified atom stereocenters. The first-order valence-electron chi connectivity index (χ1n) is 13.1. The molecule has 11 heteroatoms. The number of piperazine rings is 1. The van der Waals surface area contributed by atoms with Crippen molar-refractivity contribution in [3.8, 4) is 22.6 Å². The van der Waals surface area contributed by atoms with Crippen molar-refractivity contribution >= 4 is 39.3 Å². The molecule has 1 aromatic carbocycles. The molecule has 4 aromatic heterocycles. The Hall–Kier alpha value is -4.38. The molecule has 5 heterocycles. The second-order valence-electron chi connectivity index (χ2n) is 10.5. The number of carbonyl (C=O) groups is 1. The number of halogens is 1. The third-order valence-electron chi connectivity index (χ3n) is 7.01. The Morgan fingerprint density at radius 3 is 2.74 bits per heavy atom. The third kappa shape index (κ3) is 4.92. The van der Waals surface area contributed by atoms with Gasteiger partial charge < -0.3 is 20.1 Å². The van der Waals surface area contributed by atoms with Gasteiger partial charge in [0.1, 0.15) is 16.7 Å². The van der Waals surface area contributed by atoms with Crippen LogP contribution in [0.1, 0.15) is 20.3 Å². The fourth-order valence-corrected chi connectivity index (χ4v) is 5.00. The molecule has 1 saturated heterocycles. The van der Waals surface area contributed by atoms with E-state index in [9.17, 15) is 4.79 Å². The van der Waals surface area contributed by atoms with Crippen molar-refractivity contribution in [2.75, 3.05) is 43.4 Å². The Bertz CT molecular complexity index is 1670. The number of H-pyrrole nitrogens is 2. The van der Waals surface area contributed by atoms with Crippen molar-refractivity contribution in [2.45, 2.75) is 20.3 Å². The molecule has 10 nitrogen and oxygen atoms in total. The summed E-state index contributed by atoms with van der Waals surface area (Å²) in [6.45, 7) is 7.76. The molecule has 200 valence electrons. The zero-order valence-electron chi connectivity index (χ0n) is 22.1. The highest BCUT2D eigenvalue weighted by molar-refractivity contribution is 5.97. The number of imidazole rings is 1. The van der Waals surface area contributed by atoms with Crippen LogP contribution in [0, 0.1) is 11.7 Å². The number of aromatic nitrogens is 6. The van der Waals surface area contributed by atoms with Gasteiger partial charge in [0.2, 0.25) is 5.91 Å². The van der Waals surface area contributed by atoms with Gasteiger partial charge in [0, 0.05) is 55.9 Å². The van der Waals surface area contributed by atoms with E-state index in [1.165, 1.54) is 6.07 Å². The molecule has 5 aromatic rings. The average Bonchev–Trinajstić information content (AvgIpc) is 3.53. The van der Waals surface area contributed by atoms with E-state index in [2.05, 4.69) is 47.3 Å². The minimum Gasteiger partial charge on any atom is -0.367 e. The van der Waals surface area contributed by atoms with E-state index >= 15 is 4.39 Å².